The minimum atomic E-state index is 0. The van der Waals surface area contributed by atoms with Crippen molar-refractivity contribution in [1.29, 1.82) is 0 Å². The Kier molecular flexibility index (Phi) is 5.06. The topological polar surface area (TPSA) is 32.3 Å². The number of rotatable bonds is 2. The summed E-state index contributed by atoms with van der Waals surface area (Å²) in [6.45, 7) is 4.67. The van der Waals surface area contributed by atoms with Gasteiger partial charge >= 0.3 is 0 Å². The van der Waals surface area contributed by atoms with Gasteiger partial charge in [0.25, 0.3) is 0 Å². The summed E-state index contributed by atoms with van der Waals surface area (Å²) in [4.78, 5) is 0. The van der Waals surface area contributed by atoms with E-state index in [1.807, 2.05) is 0 Å². The van der Waals surface area contributed by atoms with E-state index < -0.39 is 0 Å². The smallest absolute Gasteiger partial charge is 0.0587 e. The molecular formula is C8H18ClNO. The van der Waals surface area contributed by atoms with Crippen LogP contribution >= 0.6 is 12.4 Å². The zero-order chi connectivity index (χ0) is 7.56. The molecule has 68 valence electrons. The van der Waals surface area contributed by atoms with Gasteiger partial charge in [-0.15, -0.1) is 12.4 Å². The van der Waals surface area contributed by atoms with Gasteiger partial charge in [-0.3, -0.25) is 0 Å². The lowest BCUT2D eigenvalue weighted by Gasteiger charge is -2.11. The molecule has 1 heterocycles. The minimum absolute atomic E-state index is 0. The van der Waals surface area contributed by atoms with Gasteiger partial charge in [0.2, 0.25) is 0 Å². The maximum absolute atomic E-state index is 8.89. The van der Waals surface area contributed by atoms with Crippen LogP contribution in [0.3, 0.4) is 0 Å². The Morgan fingerprint density at radius 2 is 2.18 bits per heavy atom. The number of nitrogens with one attached hydrogen (secondary N) is 1. The number of halogens is 1. The molecule has 0 spiro atoms. The highest BCUT2D eigenvalue weighted by Gasteiger charge is 2.28. The molecule has 0 radical (unpaired) electrons. The normalized spacial score (nSPS) is 36.8. The molecule has 0 aromatic rings. The fourth-order valence-corrected chi connectivity index (χ4v) is 1.67. The molecule has 3 heteroatoms. The van der Waals surface area contributed by atoms with E-state index in [1.165, 1.54) is 12.8 Å². The van der Waals surface area contributed by atoms with Crippen molar-refractivity contribution in [3.63, 3.8) is 0 Å². The van der Waals surface area contributed by atoms with E-state index in [2.05, 4.69) is 19.2 Å². The van der Waals surface area contributed by atoms with E-state index in [4.69, 9.17) is 5.11 Å². The van der Waals surface area contributed by atoms with Crippen LogP contribution in [0.2, 0.25) is 0 Å². The molecule has 3 unspecified atom stereocenters. The zero-order valence-corrected chi connectivity index (χ0v) is 8.03. The molecule has 1 aliphatic heterocycles. The molecule has 2 nitrogen and oxygen atoms in total. The van der Waals surface area contributed by atoms with Crippen LogP contribution in [-0.4, -0.2) is 23.8 Å². The predicted octanol–water partition coefficient (Wildman–Crippen LogP) is 1.18. The monoisotopic (exact) mass is 179 g/mol. The average molecular weight is 180 g/mol. The Balaban J connectivity index is 0.000001000. The van der Waals surface area contributed by atoms with Crippen LogP contribution in [-0.2, 0) is 0 Å². The van der Waals surface area contributed by atoms with Gasteiger partial charge in [0, 0.05) is 12.1 Å². The third kappa shape index (κ3) is 2.62. The van der Waals surface area contributed by atoms with Gasteiger partial charge in [0.1, 0.15) is 0 Å². The molecule has 0 aromatic heterocycles. The quantitative estimate of drug-likeness (QED) is 0.668. The maximum atomic E-state index is 8.89. The summed E-state index contributed by atoms with van der Waals surface area (Å²) >= 11 is 0. The molecule has 0 bridgehead atoms. The van der Waals surface area contributed by atoms with Crippen LogP contribution in [0.25, 0.3) is 0 Å². The Morgan fingerprint density at radius 1 is 1.55 bits per heavy atom. The Morgan fingerprint density at radius 3 is 2.45 bits per heavy atom. The second-order valence-corrected chi connectivity index (χ2v) is 3.27. The van der Waals surface area contributed by atoms with Crippen molar-refractivity contribution in [2.75, 3.05) is 6.61 Å². The Hall–Kier alpha value is 0.210. The number of hydrogen-bond donors (Lipinski definition) is 2. The molecule has 1 rings (SSSR count). The third-order valence-corrected chi connectivity index (χ3v) is 2.48. The molecule has 1 saturated heterocycles. The van der Waals surface area contributed by atoms with E-state index in [-0.39, 0.29) is 19.0 Å². The van der Waals surface area contributed by atoms with Gasteiger partial charge in [-0.05, 0) is 18.8 Å². The highest BCUT2D eigenvalue weighted by molar-refractivity contribution is 5.85. The fourth-order valence-electron chi connectivity index (χ4n) is 1.67. The van der Waals surface area contributed by atoms with Gasteiger partial charge in [-0.2, -0.15) is 0 Å². The molecule has 0 aliphatic carbocycles. The van der Waals surface area contributed by atoms with Gasteiger partial charge in [-0.25, -0.2) is 0 Å². The highest BCUT2D eigenvalue weighted by atomic mass is 35.5. The zero-order valence-electron chi connectivity index (χ0n) is 7.21. The van der Waals surface area contributed by atoms with E-state index in [9.17, 15) is 0 Å². The second kappa shape index (κ2) is 4.96. The SMILES string of the molecule is CCC1CC(C)C(CO)N1.Cl. The fraction of sp³-hybridized carbons (Fsp3) is 1.00. The summed E-state index contributed by atoms with van der Waals surface area (Å²) in [6, 6.07) is 0.997. The molecular weight excluding hydrogens is 162 g/mol. The first-order valence-electron chi connectivity index (χ1n) is 4.14. The minimum Gasteiger partial charge on any atom is -0.395 e. The van der Waals surface area contributed by atoms with Gasteiger partial charge in [-0.1, -0.05) is 13.8 Å². The second-order valence-electron chi connectivity index (χ2n) is 3.27. The van der Waals surface area contributed by atoms with Crippen molar-refractivity contribution in [2.45, 2.75) is 38.8 Å². The number of aliphatic hydroxyl groups is 1. The van der Waals surface area contributed by atoms with Crippen molar-refractivity contribution in [1.82, 2.24) is 5.32 Å². The summed E-state index contributed by atoms with van der Waals surface area (Å²) in [7, 11) is 0. The third-order valence-electron chi connectivity index (χ3n) is 2.48. The standard InChI is InChI=1S/C8H17NO.ClH/c1-3-7-4-6(2)8(5-10)9-7;/h6-10H,3-5H2,1-2H3;1H. The van der Waals surface area contributed by atoms with Crippen LogP contribution in [0.5, 0.6) is 0 Å². The summed E-state index contributed by atoms with van der Waals surface area (Å²) in [5, 5.41) is 12.3. The van der Waals surface area contributed by atoms with E-state index >= 15 is 0 Å². The van der Waals surface area contributed by atoms with E-state index in [0.29, 0.717) is 18.0 Å². The first kappa shape index (κ1) is 11.2. The summed E-state index contributed by atoms with van der Waals surface area (Å²) in [5.41, 5.74) is 0. The lowest BCUT2D eigenvalue weighted by atomic mass is 10.0. The Bertz CT molecular complexity index is 110. The van der Waals surface area contributed by atoms with E-state index in [1.54, 1.807) is 0 Å². The lowest BCUT2D eigenvalue weighted by Crippen LogP contribution is -2.33. The first-order chi connectivity index (χ1) is 4.77. The van der Waals surface area contributed by atoms with E-state index in [0.717, 1.165) is 0 Å². The van der Waals surface area contributed by atoms with Crippen LogP contribution in [0, 0.1) is 5.92 Å². The summed E-state index contributed by atoms with van der Waals surface area (Å²) in [5.74, 6) is 0.648. The lowest BCUT2D eigenvalue weighted by molar-refractivity contribution is 0.231. The molecule has 0 amide bonds. The van der Waals surface area contributed by atoms with Gasteiger partial charge in [0.15, 0.2) is 0 Å². The molecule has 0 aromatic carbocycles. The van der Waals surface area contributed by atoms with Crippen molar-refractivity contribution < 1.29 is 5.11 Å². The molecule has 0 saturated carbocycles. The van der Waals surface area contributed by atoms with Gasteiger partial charge < -0.3 is 10.4 Å². The molecule has 11 heavy (non-hydrogen) atoms. The van der Waals surface area contributed by atoms with Crippen molar-refractivity contribution in [3.8, 4) is 0 Å². The molecule has 3 atom stereocenters. The van der Waals surface area contributed by atoms with Crippen LogP contribution in [0.4, 0.5) is 0 Å². The van der Waals surface area contributed by atoms with Crippen molar-refractivity contribution >= 4 is 12.4 Å². The van der Waals surface area contributed by atoms with Crippen molar-refractivity contribution in [3.05, 3.63) is 0 Å². The van der Waals surface area contributed by atoms with Gasteiger partial charge in [0.05, 0.1) is 6.61 Å². The highest BCUT2D eigenvalue weighted by Crippen LogP contribution is 2.20. The molecule has 1 aliphatic rings. The number of aliphatic hydroxyl groups excluding tert-OH is 1. The average Bonchev–Trinajstić information content (AvgIpc) is 2.30. The molecule has 2 N–H and O–H groups in total. The number of hydrogen-bond acceptors (Lipinski definition) is 2. The maximum Gasteiger partial charge on any atom is 0.0587 e. The summed E-state index contributed by atoms with van der Waals surface area (Å²) < 4.78 is 0. The van der Waals surface area contributed by atoms with Crippen LogP contribution < -0.4 is 5.32 Å². The largest absolute Gasteiger partial charge is 0.395 e. The van der Waals surface area contributed by atoms with Crippen LogP contribution in [0.1, 0.15) is 26.7 Å². The summed E-state index contributed by atoms with van der Waals surface area (Å²) in [6.07, 6.45) is 2.41. The molecule has 1 fully saturated rings. The first-order valence-corrected chi connectivity index (χ1v) is 4.14. The van der Waals surface area contributed by atoms with Crippen LogP contribution in [0.15, 0.2) is 0 Å². The Labute approximate surface area is 74.8 Å². The predicted molar refractivity (Wildman–Crippen MR) is 49.1 cm³/mol. The van der Waals surface area contributed by atoms with Crippen molar-refractivity contribution in [2.24, 2.45) is 5.92 Å².